The van der Waals surface area contributed by atoms with Crippen LogP contribution in [0.4, 0.5) is 0 Å². The lowest BCUT2D eigenvalue weighted by atomic mass is 10.1. The predicted molar refractivity (Wildman–Crippen MR) is 85.7 cm³/mol. The summed E-state index contributed by atoms with van der Waals surface area (Å²) in [4.78, 5) is 2.65. The topological polar surface area (TPSA) is 15.3 Å². The number of nitrogens with zero attached hydrogens (tertiary/aromatic N) is 1. The van der Waals surface area contributed by atoms with Crippen LogP contribution in [0.2, 0.25) is 0 Å². The lowest BCUT2D eigenvalue weighted by Crippen LogP contribution is -2.36. The van der Waals surface area contributed by atoms with Gasteiger partial charge in [0.25, 0.3) is 0 Å². The van der Waals surface area contributed by atoms with Gasteiger partial charge >= 0.3 is 0 Å². The van der Waals surface area contributed by atoms with E-state index in [9.17, 15) is 0 Å². The maximum absolute atomic E-state index is 3.70. The minimum Gasteiger partial charge on any atom is -0.313 e. The van der Waals surface area contributed by atoms with Crippen molar-refractivity contribution in [2.24, 2.45) is 0 Å². The zero-order valence-electron chi connectivity index (χ0n) is 13.4. The monoisotopic (exact) mass is 268 g/mol. The summed E-state index contributed by atoms with van der Waals surface area (Å²) >= 11 is 0. The van der Waals surface area contributed by atoms with E-state index in [2.05, 4.69) is 24.1 Å². The van der Waals surface area contributed by atoms with E-state index < -0.39 is 0 Å². The molecule has 19 heavy (non-hydrogen) atoms. The number of likely N-dealkylation sites (tertiary alicyclic amines) is 1. The predicted octanol–water partition coefficient (Wildman–Crippen LogP) is 4.20. The second-order valence-corrected chi connectivity index (χ2v) is 6.31. The SMILES string of the molecule is CCCCCCCC(C)NCCN1CCCCCC1. The molecule has 1 aliphatic heterocycles. The summed E-state index contributed by atoms with van der Waals surface area (Å²) in [5.41, 5.74) is 0. The number of unbranched alkanes of at least 4 members (excludes halogenated alkanes) is 4. The first kappa shape index (κ1) is 17.0. The molecule has 0 radical (unpaired) electrons. The van der Waals surface area contributed by atoms with E-state index in [1.165, 1.54) is 90.4 Å². The molecule has 1 atom stereocenters. The van der Waals surface area contributed by atoms with Crippen molar-refractivity contribution in [2.45, 2.75) is 84.1 Å². The van der Waals surface area contributed by atoms with Crippen molar-refractivity contribution in [3.63, 3.8) is 0 Å². The van der Waals surface area contributed by atoms with E-state index >= 15 is 0 Å². The Hall–Kier alpha value is -0.0800. The Kier molecular flexibility index (Phi) is 10.5. The summed E-state index contributed by atoms with van der Waals surface area (Å²) in [5, 5.41) is 3.70. The molecule has 1 fully saturated rings. The van der Waals surface area contributed by atoms with E-state index in [0.29, 0.717) is 6.04 Å². The standard InChI is InChI=1S/C17H36N2/c1-3-4-5-6-9-12-17(2)18-13-16-19-14-10-7-8-11-15-19/h17-18H,3-16H2,1-2H3. The molecule has 1 heterocycles. The van der Waals surface area contributed by atoms with Crippen LogP contribution in [0, 0.1) is 0 Å². The summed E-state index contributed by atoms with van der Waals surface area (Å²) in [7, 11) is 0. The first-order chi connectivity index (χ1) is 9.33. The summed E-state index contributed by atoms with van der Waals surface area (Å²) in [6.07, 6.45) is 14.1. The van der Waals surface area contributed by atoms with Crippen LogP contribution >= 0.6 is 0 Å². The third-order valence-corrected chi connectivity index (χ3v) is 4.36. The molecule has 0 amide bonds. The minimum atomic E-state index is 0.702. The molecule has 0 aromatic carbocycles. The van der Waals surface area contributed by atoms with Gasteiger partial charge in [-0.25, -0.2) is 0 Å². The van der Waals surface area contributed by atoms with Crippen molar-refractivity contribution in [1.82, 2.24) is 10.2 Å². The average Bonchev–Trinajstić information content (AvgIpc) is 2.67. The molecule has 1 aliphatic rings. The fourth-order valence-corrected chi connectivity index (χ4v) is 2.98. The molecule has 0 bridgehead atoms. The van der Waals surface area contributed by atoms with Crippen molar-refractivity contribution in [3.05, 3.63) is 0 Å². The van der Waals surface area contributed by atoms with E-state index in [0.717, 1.165) is 0 Å². The van der Waals surface area contributed by atoms with Gasteiger partial charge in [-0.2, -0.15) is 0 Å². The van der Waals surface area contributed by atoms with Crippen molar-refractivity contribution in [1.29, 1.82) is 0 Å². The number of rotatable bonds is 10. The largest absolute Gasteiger partial charge is 0.313 e. The molecule has 0 aromatic heterocycles. The van der Waals surface area contributed by atoms with E-state index in [1.54, 1.807) is 0 Å². The molecule has 0 spiro atoms. The maximum atomic E-state index is 3.70. The van der Waals surface area contributed by atoms with Crippen molar-refractivity contribution in [2.75, 3.05) is 26.2 Å². The number of hydrogen-bond acceptors (Lipinski definition) is 2. The van der Waals surface area contributed by atoms with Crippen LogP contribution in [-0.2, 0) is 0 Å². The molecule has 1 N–H and O–H groups in total. The lowest BCUT2D eigenvalue weighted by Gasteiger charge is -2.21. The molecule has 2 nitrogen and oxygen atoms in total. The van der Waals surface area contributed by atoms with Crippen LogP contribution in [0.3, 0.4) is 0 Å². The second kappa shape index (κ2) is 11.7. The molecule has 114 valence electrons. The van der Waals surface area contributed by atoms with Gasteiger partial charge in [0.2, 0.25) is 0 Å². The maximum Gasteiger partial charge on any atom is 0.0107 e. The van der Waals surface area contributed by atoms with Gasteiger partial charge in [0, 0.05) is 19.1 Å². The highest BCUT2D eigenvalue weighted by Crippen LogP contribution is 2.09. The van der Waals surface area contributed by atoms with Gasteiger partial charge in [0.15, 0.2) is 0 Å². The van der Waals surface area contributed by atoms with Gasteiger partial charge < -0.3 is 10.2 Å². The highest BCUT2D eigenvalue weighted by Gasteiger charge is 2.08. The third-order valence-electron chi connectivity index (χ3n) is 4.36. The number of nitrogens with one attached hydrogen (secondary N) is 1. The van der Waals surface area contributed by atoms with Crippen LogP contribution < -0.4 is 5.32 Å². The average molecular weight is 268 g/mol. The van der Waals surface area contributed by atoms with E-state index in [4.69, 9.17) is 0 Å². The highest BCUT2D eigenvalue weighted by molar-refractivity contribution is 4.67. The third kappa shape index (κ3) is 9.45. The quantitative estimate of drug-likeness (QED) is 0.597. The normalized spacial score (nSPS) is 19.3. The Labute approximate surface area is 121 Å². The lowest BCUT2D eigenvalue weighted by molar-refractivity contribution is 0.278. The van der Waals surface area contributed by atoms with Crippen molar-refractivity contribution < 1.29 is 0 Å². The number of hydrogen-bond donors (Lipinski definition) is 1. The summed E-state index contributed by atoms with van der Waals surface area (Å²) in [6, 6.07) is 0.702. The van der Waals surface area contributed by atoms with Gasteiger partial charge in [0.1, 0.15) is 0 Å². The van der Waals surface area contributed by atoms with Crippen LogP contribution in [0.1, 0.15) is 78.1 Å². The van der Waals surface area contributed by atoms with E-state index in [1.807, 2.05) is 0 Å². The smallest absolute Gasteiger partial charge is 0.0107 e. The fourth-order valence-electron chi connectivity index (χ4n) is 2.98. The molecular formula is C17H36N2. The Morgan fingerprint density at radius 1 is 0.947 bits per heavy atom. The molecule has 0 aromatic rings. The Morgan fingerprint density at radius 3 is 2.32 bits per heavy atom. The first-order valence-corrected chi connectivity index (χ1v) is 8.78. The van der Waals surface area contributed by atoms with Crippen LogP contribution in [0.25, 0.3) is 0 Å². The second-order valence-electron chi connectivity index (χ2n) is 6.31. The highest BCUT2D eigenvalue weighted by atomic mass is 15.1. The zero-order valence-corrected chi connectivity index (χ0v) is 13.4. The van der Waals surface area contributed by atoms with Crippen LogP contribution in [0.5, 0.6) is 0 Å². The molecule has 0 saturated carbocycles. The van der Waals surface area contributed by atoms with Crippen molar-refractivity contribution >= 4 is 0 Å². The Bertz CT molecular complexity index is 186. The molecule has 1 unspecified atom stereocenters. The molecule has 1 saturated heterocycles. The summed E-state index contributed by atoms with van der Waals surface area (Å²) in [5.74, 6) is 0. The van der Waals surface area contributed by atoms with Crippen molar-refractivity contribution in [3.8, 4) is 0 Å². The van der Waals surface area contributed by atoms with Crippen LogP contribution in [-0.4, -0.2) is 37.1 Å². The van der Waals surface area contributed by atoms with Gasteiger partial charge in [0.05, 0.1) is 0 Å². The fraction of sp³-hybridized carbons (Fsp3) is 1.00. The minimum absolute atomic E-state index is 0.702. The zero-order chi connectivity index (χ0) is 13.8. The van der Waals surface area contributed by atoms with E-state index in [-0.39, 0.29) is 0 Å². The first-order valence-electron chi connectivity index (χ1n) is 8.78. The Balaban J connectivity index is 1.92. The molecule has 1 rings (SSSR count). The van der Waals surface area contributed by atoms with Gasteiger partial charge in [-0.3, -0.25) is 0 Å². The van der Waals surface area contributed by atoms with Crippen LogP contribution in [0.15, 0.2) is 0 Å². The molecule has 0 aliphatic carbocycles. The van der Waals surface area contributed by atoms with Gasteiger partial charge in [-0.05, 0) is 39.3 Å². The van der Waals surface area contributed by atoms with Gasteiger partial charge in [-0.1, -0.05) is 51.9 Å². The Morgan fingerprint density at radius 2 is 1.63 bits per heavy atom. The molecular weight excluding hydrogens is 232 g/mol. The summed E-state index contributed by atoms with van der Waals surface area (Å²) in [6.45, 7) is 9.71. The summed E-state index contributed by atoms with van der Waals surface area (Å²) < 4.78 is 0. The van der Waals surface area contributed by atoms with Gasteiger partial charge in [-0.15, -0.1) is 0 Å². The molecule has 2 heteroatoms.